The van der Waals surface area contributed by atoms with Gasteiger partial charge < -0.3 is 60.6 Å². The summed E-state index contributed by atoms with van der Waals surface area (Å²) >= 11 is 1.43. The first kappa shape index (κ1) is 56.3. The number of aromatic nitrogens is 2. The number of aliphatic hydroxyl groups excluding tert-OH is 1. The SMILES string of the molecule is Cc1ncsc1-c1ccc(CNC(=O)[C@@H]2C[C@@H](O)CN2C(=O)C(NC(=O)C2(F)CC2)C(C)(C)C)c(OCC(=O)NCCCNC(=O)COc2ccc3c(c2)[C@H](NC(=O)c2cc(-c4ccc(C(=O)N(C)C)c(O)c4)on2)CC3)c1. The standard InChI is InChI=1S/C55H64FN9O12S/c1-30-47(78-29-60-30)33-8-9-34(25-59-50(71)41-22-35(66)26-65(41)52(73)48(54(2,3)4)62-53(74)55(56)16-17-55)43(21-33)76-28-46(69)58-19-7-18-57-45(68)27-75-36-13-10-31-12-15-39(38(31)23-36)61-49(70)40-24-44(77-63-40)32-11-14-37(42(67)20-32)51(72)64(5)6/h8-11,13-14,20-21,23-24,29,35,39,41,48,66-67H,7,12,15-19,22,25-28H2,1-6H3,(H,57,68)(H,58,69)(H,59,71)(H,61,70)(H,62,74)/t35-,39-,41+,48?/m1/s1. The molecule has 2 fully saturated rings. The van der Waals surface area contributed by atoms with E-state index in [1.807, 2.05) is 19.1 Å². The van der Waals surface area contributed by atoms with E-state index < -0.39 is 58.8 Å². The van der Waals surface area contributed by atoms with Gasteiger partial charge in [-0.25, -0.2) is 9.37 Å². The van der Waals surface area contributed by atoms with Crippen LogP contribution in [0.2, 0.25) is 0 Å². The van der Waals surface area contributed by atoms with Crippen molar-refractivity contribution in [2.45, 2.75) is 103 Å². The number of rotatable bonds is 21. The number of halogens is 1. The number of fused-ring (bicyclic) bond motifs is 1. The molecular weight excluding hydrogens is 1030 g/mol. The minimum Gasteiger partial charge on any atom is -0.507 e. The van der Waals surface area contributed by atoms with Crippen molar-refractivity contribution in [3.05, 3.63) is 99.8 Å². The monoisotopic (exact) mass is 1090 g/mol. The zero-order valence-corrected chi connectivity index (χ0v) is 45.0. The van der Waals surface area contributed by atoms with Crippen molar-refractivity contribution in [3.8, 4) is 39.0 Å². The molecule has 1 aliphatic heterocycles. The third kappa shape index (κ3) is 13.4. The second-order valence-electron chi connectivity index (χ2n) is 21.0. The molecule has 5 aromatic rings. The molecule has 23 heteroatoms. The summed E-state index contributed by atoms with van der Waals surface area (Å²) in [5, 5.41) is 39.0. The number of carbonyl (C=O) groups is 7. The van der Waals surface area contributed by atoms with Crippen LogP contribution in [0.25, 0.3) is 21.8 Å². The molecule has 3 aliphatic rings. The van der Waals surface area contributed by atoms with Crippen LogP contribution in [-0.4, -0.2) is 142 Å². The Morgan fingerprint density at radius 1 is 0.936 bits per heavy atom. The maximum absolute atomic E-state index is 14.7. The van der Waals surface area contributed by atoms with Crippen molar-refractivity contribution in [2.24, 2.45) is 5.41 Å². The lowest BCUT2D eigenvalue weighted by Gasteiger charge is -2.35. The number of likely N-dealkylation sites (tertiary alicyclic amines) is 1. The number of nitrogens with one attached hydrogen (secondary N) is 5. The summed E-state index contributed by atoms with van der Waals surface area (Å²) in [5.41, 5.74) is 3.39. The topological polar surface area (TPSA) is 284 Å². The van der Waals surface area contributed by atoms with E-state index in [9.17, 15) is 48.2 Å². The van der Waals surface area contributed by atoms with Crippen molar-refractivity contribution in [1.82, 2.24) is 46.5 Å². The number of ether oxygens (including phenoxy) is 2. The largest absolute Gasteiger partial charge is 0.507 e. The number of amides is 7. The molecule has 78 heavy (non-hydrogen) atoms. The lowest BCUT2D eigenvalue weighted by atomic mass is 9.85. The van der Waals surface area contributed by atoms with Gasteiger partial charge in [0.2, 0.25) is 11.8 Å². The minimum absolute atomic E-state index is 0.0273. The Kier molecular flexibility index (Phi) is 17.1. The van der Waals surface area contributed by atoms with Crippen LogP contribution in [-0.2, 0) is 36.9 Å². The molecule has 0 bridgehead atoms. The number of β-amino-alcohol motifs (C(OH)–C–C–N with tert-alkyl or cyclic N) is 1. The molecule has 0 radical (unpaired) electrons. The highest BCUT2D eigenvalue weighted by Crippen LogP contribution is 2.41. The lowest BCUT2D eigenvalue weighted by molar-refractivity contribution is -0.145. The number of aromatic hydroxyl groups is 1. The van der Waals surface area contributed by atoms with Gasteiger partial charge >= 0.3 is 0 Å². The van der Waals surface area contributed by atoms with Gasteiger partial charge in [-0.3, -0.25) is 33.6 Å². The molecule has 4 atom stereocenters. The van der Waals surface area contributed by atoms with Gasteiger partial charge in [0.25, 0.3) is 29.5 Å². The average molecular weight is 1090 g/mol. The number of hydrogen-bond donors (Lipinski definition) is 7. The van der Waals surface area contributed by atoms with E-state index in [4.69, 9.17) is 14.0 Å². The van der Waals surface area contributed by atoms with Gasteiger partial charge in [-0.15, -0.1) is 11.3 Å². The summed E-state index contributed by atoms with van der Waals surface area (Å²) in [4.78, 5) is 99.6. The average Bonchev–Trinajstić information content (AvgIpc) is 3.89. The molecule has 3 aromatic carbocycles. The van der Waals surface area contributed by atoms with E-state index in [2.05, 4.69) is 36.7 Å². The fraction of sp³-hybridized carbons (Fsp3) is 0.436. The van der Waals surface area contributed by atoms with Crippen molar-refractivity contribution in [1.29, 1.82) is 0 Å². The number of aliphatic hydroxyl groups is 1. The molecule has 2 aromatic heterocycles. The Hall–Kier alpha value is -7.92. The number of phenols is 1. The Bertz CT molecular complexity index is 3090. The smallest absolute Gasteiger partial charge is 0.273 e. The summed E-state index contributed by atoms with van der Waals surface area (Å²) in [7, 11) is 3.15. The number of aryl methyl sites for hydroxylation is 2. The molecule has 1 unspecified atom stereocenters. The predicted molar refractivity (Wildman–Crippen MR) is 283 cm³/mol. The van der Waals surface area contributed by atoms with Crippen LogP contribution in [0.15, 0.2) is 70.7 Å². The molecule has 1 saturated carbocycles. The molecule has 414 valence electrons. The maximum atomic E-state index is 14.7. The number of phenolic OH excluding ortho intramolecular Hbond substituents is 1. The van der Waals surface area contributed by atoms with Gasteiger partial charge in [-0.1, -0.05) is 50.2 Å². The van der Waals surface area contributed by atoms with Gasteiger partial charge in [0.1, 0.15) is 29.3 Å². The Morgan fingerprint density at radius 3 is 2.32 bits per heavy atom. The van der Waals surface area contributed by atoms with Crippen molar-refractivity contribution >= 4 is 52.7 Å². The van der Waals surface area contributed by atoms with Gasteiger partial charge in [0.15, 0.2) is 30.3 Å². The normalized spacial score (nSPS) is 17.5. The first-order chi connectivity index (χ1) is 37.1. The van der Waals surface area contributed by atoms with Crippen LogP contribution in [0.4, 0.5) is 4.39 Å². The van der Waals surface area contributed by atoms with Gasteiger partial charge in [-0.2, -0.15) is 0 Å². The van der Waals surface area contributed by atoms with Crippen molar-refractivity contribution < 1.29 is 62.2 Å². The highest BCUT2D eigenvalue weighted by molar-refractivity contribution is 7.13. The number of alkyl halides is 1. The van der Waals surface area contributed by atoms with E-state index >= 15 is 0 Å². The van der Waals surface area contributed by atoms with Crippen LogP contribution < -0.4 is 36.1 Å². The number of benzene rings is 3. The van der Waals surface area contributed by atoms with Crippen LogP contribution >= 0.6 is 11.3 Å². The van der Waals surface area contributed by atoms with Crippen molar-refractivity contribution in [2.75, 3.05) is 46.9 Å². The summed E-state index contributed by atoms with van der Waals surface area (Å²) in [5.74, 6) is -2.96. The fourth-order valence-electron chi connectivity index (χ4n) is 9.19. The van der Waals surface area contributed by atoms with Gasteiger partial charge in [0, 0.05) is 63.9 Å². The molecule has 0 spiro atoms. The minimum atomic E-state index is -2.01. The molecule has 21 nitrogen and oxygen atoms in total. The molecule has 8 rings (SSSR count). The summed E-state index contributed by atoms with van der Waals surface area (Å²) in [6.07, 6.45) is 0.811. The number of nitrogens with zero attached hydrogens (tertiary/aromatic N) is 4. The summed E-state index contributed by atoms with van der Waals surface area (Å²) in [6.45, 7) is 6.62. The van der Waals surface area contributed by atoms with Crippen LogP contribution in [0, 0.1) is 12.3 Å². The molecule has 7 N–H and O–H groups in total. The number of hydrogen-bond acceptors (Lipinski definition) is 15. The highest BCUT2D eigenvalue weighted by atomic mass is 32.1. The number of thiazole rings is 1. The highest BCUT2D eigenvalue weighted by Gasteiger charge is 2.53. The first-order valence-electron chi connectivity index (χ1n) is 25.6. The zero-order valence-electron chi connectivity index (χ0n) is 44.2. The van der Waals surface area contributed by atoms with Crippen LogP contribution in [0.1, 0.15) is 102 Å². The first-order valence-corrected chi connectivity index (χ1v) is 26.5. The molecule has 2 aliphatic carbocycles. The Morgan fingerprint density at radius 2 is 1.65 bits per heavy atom. The predicted octanol–water partition coefficient (Wildman–Crippen LogP) is 4.29. The third-order valence-corrected chi connectivity index (χ3v) is 14.7. The van der Waals surface area contributed by atoms with Crippen LogP contribution in [0.5, 0.6) is 17.2 Å². The van der Waals surface area contributed by atoms with Crippen molar-refractivity contribution in [3.63, 3.8) is 0 Å². The van der Waals surface area contributed by atoms with E-state index in [1.54, 1.807) is 70.7 Å². The third-order valence-electron chi connectivity index (χ3n) is 13.8. The van der Waals surface area contributed by atoms with Gasteiger partial charge in [-0.05, 0) is 91.5 Å². The second kappa shape index (κ2) is 23.8. The fourth-order valence-corrected chi connectivity index (χ4v) is 9.99. The molecule has 3 heterocycles. The number of carbonyl (C=O) groups excluding carboxylic acids is 7. The quantitative estimate of drug-likeness (QED) is 0.0505. The Labute approximate surface area is 453 Å². The summed E-state index contributed by atoms with van der Waals surface area (Å²) in [6, 6.07) is 14.1. The van der Waals surface area contributed by atoms with E-state index in [0.29, 0.717) is 41.9 Å². The van der Waals surface area contributed by atoms with E-state index in [1.165, 1.54) is 39.3 Å². The molecular formula is C55H64FN9O12S. The van der Waals surface area contributed by atoms with E-state index in [-0.39, 0.29) is 99.3 Å². The van der Waals surface area contributed by atoms with E-state index in [0.717, 1.165) is 27.3 Å². The molecule has 7 amide bonds. The van der Waals surface area contributed by atoms with Crippen LogP contribution in [0.3, 0.4) is 0 Å². The maximum Gasteiger partial charge on any atom is 0.273 e. The van der Waals surface area contributed by atoms with Gasteiger partial charge in [0.05, 0.1) is 33.8 Å². The Balaban J connectivity index is 0.784. The second-order valence-corrected chi connectivity index (χ2v) is 21.9. The summed E-state index contributed by atoms with van der Waals surface area (Å²) < 4.78 is 31.9. The zero-order chi connectivity index (χ0) is 56.1. The molecule has 1 saturated heterocycles. The lowest BCUT2D eigenvalue weighted by Crippen LogP contribution is -2.59.